The zero-order valence-electron chi connectivity index (χ0n) is 34.3. The summed E-state index contributed by atoms with van der Waals surface area (Å²) in [5.74, 6) is 2.38. The van der Waals surface area contributed by atoms with Gasteiger partial charge < -0.3 is 39.2 Å². The summed E-state index contributed by atoms with van der Waals surface area (Å²) < 4.78 is 31.1. The van der Waals surface area contributed by atoms with E-state index in [0.717, 1.165) is 37.2 Å². The molecular formula is C42H56N6O9S. The first-order chi connectivity index (χ1) is 27.8. The number of aromatic nitrogens is 2. The third-order valence-corrected chi connectivity index (χ3v) is 10.8. The van der Waals surface area contributed by atoms with Gasteiger partial charge in [0.2, 0.25) is 24.5 Å². The van der Waals surface area contributed by atoms with Crippen LogP contribution >= 0.6 is 11.9 Å². The summed E-state index contributed by atoms with van der Waals surface area (Å²) in [6.07, 6.45) is 5.26. The average molecular weight is 821 g/mol. The molecular weight excluding hydrogens is 765 g/mol. The number of nitrogens with one attached hydrogen (secondary N) is 3. The highest BCUT2D eigenvalue weighted by molar-refractivity contribution is 7.98. The number of ether oxygens (including phenoxy) is 5. The van der Waals surface area contributed by atoms with Crippen LogP contribution in [0.3, 0.4) is 0 Å². The van der Waals surface area contributed by atoms with Crippen molar-refractivity contribution in [1.82, 2.24) is 30.2 Å². The van der Waals surface area contributed by atoms with Gasteiger partial charge in [0.1, 0.15) is 42.2 Å². The van der Waals surface area contributed by atoms with Gasteiger partial charge in [-0.3, -0.25) is 19.1 Å². The van der Waals surface area contributed by atoms with E-state index in [1.165, 1.54) is 24.0 Å². The lowest BCUT2D eigenvalue weighted by Gasteiger charge is -2.27. The molecule has 3 N–H and O–H groups in total. The number of benzene rings is 2. The van der Waals surface area contributed by atoms with Crippen molar-refractivity contribution in [3.05, 3.63) is 36.4 Å². The van der Waals surface area contributed by atoms with Crippen LogP contribution in [0.25, 0.3) is 22.3 Å². The topological polar surface area (TPSA) is 180 Å². The zero-order chi connectivity index (χ0) is 41.4. The highest BCUT2D eigenvalue weighted by Crippen LogP contribution is 2.40. The predicted molar refractivity (Wildman–Crippen MR) is 220 cm³/mol. The van der Waals surface area contributed by atoms with Gasteiger partial charge in [0.15, 0.2) is 11.5 Å². The molecule has 0 radical (unpaired) electrons. The number of carbonyl (C=O) groups is 4. The fourth-order valence-electron chi connectivity index (χ4n) is 6.34. The van der Waals surface area contributed by atoms with Crippen molar-refractivity contribution in [3.8, 4) is 34.4 Å². The second kappa shape index (κ2) is 19.2. The van der Waals surface area contributed by atoms with E-state index >= 15 is 0 Å². The van der Waals surface area contributed by atoms with E-state index < -0.39 is 29.5 Å². The molecule has 0 bridgehead atoms. The molecule has 3 heterocycles. The van der Waals surface area contributed by atoms with Crippen LogP contribution in [0.15, 0.2) is 36.4 Å². The minimum Gasteiger partial charge on any atom is -0.493 e. The van der Waals surface area contributed by atoms with E-state index in [4.69, 9.17) is 28.7 Å². The van der Waals surface area contributed by atoms with Crippen LogP contribution in [0.4, 0.5) is 4.79 Å². The number of alkyl carbamates (subject to hydrolysis) is 1. The van der Waals surface area contributed by atoms with Crippen LogP contribution in [0, 0.1) is 17.3 Å². The number of rotatable bonds is 16. The second-order valence-electron chi connectivity index (χ2n) is 16.7. The Morgan fingerprint density at radius 1 is 1.00 bits per heavy atom. The highest BCUT2D eigenvalue weighted by atomic mass is 32.2. The molecule has 2 aliphatic carbocycles. The Morgan fingerprint density at radius 2 is 1.78 bits per heavy atom. The van der Waals surface area contributed by atoms with Gasteiger partial charge in [0.25, 0.3) is 5.91 Å². The SMILES string of the molecule is CC(C)C.COc1nc2c3c(ccc2nc1-c1cccc(OCC(C)(C)COC(=O)NCC(=O)N2CCCC2C(=O)NC(CC2CC2)C(=O)NSC2CC2)c1)OCO3. The maximum atomic E-state index is 13.3. The van der Waals surface area contributed by atoms with Gasteiger partial charge in [-0.15, -0.1) is 0 Å². The fraction of sp³-hybridized carbons (Fsp3) is 0.571. The molecule has 58 heavy (non-hydrogen) atoms. The van der Waals surface area contributed by atoms with E-state index in [2.05, 4.69) is 41.1 Å². The van der Waals surface area contributed by atoms with Gasteiger partial charge in [-0.1, -0.05) is 59.6 Å². The second-order valence-corrected chi connectivity index (χ2v) is 17.8. The van der Waals surface area contributed by atoms with Crippen molar-refractivity contribution in [2.45, 2.75) is 96.9 Å². The maximum absolute atomic E-state index is 13.3. The number of carbonyl (C=O) groups excluding carboxylic acids is 4. The Hall–Kier alpha value is -4.99. The number of likely N-dealkylation sites (tertiary alicyclic amines) is 1. The Kier molecular flexibility index (Phi) is 14.1. The Balaban J connectivity index is 0.00000135. The standard InChI is InChI=1S/C38H46N6O9S.C4H10/c1-38(2,19-50-24-7-4-6-23(17-24)31-36(49-3)42-32-26(40-31)13-14-29-33(32)53-21-52-29)20-51-37(48)39-18-30(45)44-15-5-8-28(44)35(47)41-27(16-22-9-10-22)34(46)43-54-25-11-12-25;1-4(2)3/h4,6-7,13-14,17,22,25,27-28H,5,8-12,15-16,18-21H2,1-3H3,(H,39,48)(H,41,47)(H,43,46);4H,1-3H3. The molecule has 1 aromatic heterocycles. The van der Waals surface area contributed by atoms with Crippen LogP contribution in [0.1, 0.15) is 79.6 Å². The molecule has 2 saturated carbocycles. The Bertz CT molecular complexity index is 1950. The first-order valence-electron chi connectivity index (χ1n) is 20.1. The molecule has 4 amide bonds. The molecule has 1 saturated heterocycles. The monoisotopic (exact) mass is 820 g/mol. The summed E-state index contributed by atoms with van der Waals surface area (Å²) in [5.41, 5.74) is 1.86. The van der Waals surface area contributed by atoms with E-state index in [1.807, 2.05) is 44.2 Å². The van der Waals surface area contributed by atoms with Crippen molar-refractivity contribution >= 4 is 46.8 Å². The van der Waals surface area contributed by atoms with Gasteiger partial charge in [0.05, 0.1) is 19.2 Å². The molecule has 3 aromatic rings. The number of hydrogen-bond acceptors (Lipinski definition) is 12. The van der Waals surface area contributed by atoms with Crippen molar-refractivity contribution in [2.75, 3.05) is 40.2 Å². The molecule has 7 rings (SSSR count). The lowest BCUT2D eigenvalue weighted by Crippen LogP contribution is -2.53. The largest absolute Gasteiger partial charge is 0.493 e. The normalized spacial score (nSPS) is 17.6. The predicted octanol–water partition coefficient (Wildman–Crippen LogP) is 6.03. The summed E-state index contributed by atoms with van der Waals surface area (Å²) in [7, 11) is 1.53. The van der Waals surface area contributed by atoms with E-state index in [1.54, 1.807) is 6.07 Å². The number of nitrogens with zero attached hydrogens (tertiary/aromatic N) is 3. The van der Waals surface area contributed by atoms with Gasteiger partial charge in [-0.05, 0) is 80.2 Å². The third kappa shape index (κ3) is 11.8. The van der Waals surface area contributed by atoms with Crippen LogP contribution in [0.2, 0.25) is 0 Å². The van der Waals surface area contributed by atoms with Crippen molar-refractivity contribution in [1.29, 1.82) is 0 Å². The highest BCUT2D eigenvalue weighted by Gasteiger charge is 2.38. The molecule has 0 spiro atoms. The third-order valence-electron chi connectivity index (χ3n) is 9.67. The number of amides is 4. The van der Waals surface area contributed by atoms with Crippen LogP contribution in [-0.4, -0.2) is 96.2 Å². The number of fused-ring (bicyclic) bond motifs is 3. The lowest BCUT2D eigenvalue weighted by atomic mass is 9.96. The smallest absolute Gasteiger partial charge is 0.407 e. The molecule has 4 aliphatic rings. The van der Waals surface area contributed by atoms with Crippen molar-refractivity contribution < 1.29 is 42.9 Å². The number of hydrogen-bond donors (Lipinski definition) is 3. The summed E-state index contributed by atoms with van der Waals surface area (Å²) >= 11 is 1.42. The van der Waals surface area contributed by atoms with Gasteiger partial charge >= 0.3 is 6.09 Å². The van der Waals surface area contributed by atoms with Crippen LogP contribution in [-0.2, 0) is 19.1 Å². The van der Waals surface area contributed by atoms with Crippen molar-refractivity contribution in [3.63, 3.8) is 0 Å². The van der Waals surface area contributed by atoms with E-state index in [0.29, 0.717) is 76.8 Å². The van der Waals surface area contributed by atoms with E-state index in [9.17, 15) is 19.2 Å². The quantitative estimate of drug-likeness (QED) is 0.143. The first-order valence-corrected chi connectivity index (χ1v) is 21.0. The number of methoxy groups -OCH3 is 1. The Morgan fingerprint density at radius 3 is 2.50 bits per heavy atom. The lowest BCUT2D eigenvalue weighted by molar-refractivity contribution is -0.138. The molecule has 2 aromatic carbocycles. The van der Waals surface area contributed by atoms with Crippen LogP contribution in [0.5, 0.6) is 23.1 Å². The molecule has 2 atom stereocenters. The molecule has 15 nitrogen and oxygen atoms in total. The molecule has 3 fully saturated rings. The fourth-order valence-corrected chi connectivity index (χ4v) is 7.13. The van der Waals surface area contributed by atoms with Gasteiger partial charge in [0, 0.05) is 22.8 Å². The molecule has 2 unspecified atom stereocenters. The summed E-state index contributed by atoms with van der Waals surface area (Å²) in [4.78, 5) is 62.9. The van der Waals surface area contributed by atoms with Gasteiger partial charge in [-0.25, -0.2) is 14.8 Å². The summed E-state index contributed by atoms with van der Waals surface area (Å²) in [5, 5.41) is 5.89. The summed E-state index contributed by atoms with van der Waals surface area (Å²) in [6.45, 7) is 10.7. The summed E-state index contributed by atoms with van der Waals surface area (Å²) in [6, 6.07) is 9.67. The molecule has 314 valence electrons. The maximum Gasteiger partial charge on any atom is 0.407 e. The minimum atomic E-state index is -0.752. The van der Waals surface area contributed by atoms with Crippen LogP contribution < -0.4 is 34.3 Å². The Labute approximate surface area is 344 Å². The average Bonchev–Trinajstić information content (AvgIpc) is 4.11. The van der Waals surface area contributed by atoms with E-state index in [-0.39, 0.29) is 38.4 Å². The minimum absolute atomic E-state index is 0.0189. The zero-order valence-corrected chi connectivity index (χ0v) is 35.1. The van der Waals surface area contributed by atoms with Gasteiger partial charge in [-0.2, -0.15) is 0 Å². The molecule has 16 heteroatoms. The molecule has 2 aliphatic heterocycles. The van der Waals surface area contributed by atoms with Crippen molar-refractivity contribution in [2.24, 2.45) is 17.3 Å². The first kappa shape index (κ1) is 42.6.